The number of aromatic nitrogens is 5. The molecular weight excluding hydrogens is 451 g/mol. The monoisotopic (exact) mass is 475 g/mol. The van der Waals surface area contributed by atoms with Crippen LogP contribution in [0, 0.1) is 5.92 Å². The third-order valence-electron chi connectivity index (χ3n) is 5.89. The molecule has 34 heavy (non-hydrogen) atoms. The number of hydrogen-bond acceptors (Lipinski definition) is 7. The number of likely N-dealkylation sites (tertiary alicyclic amines) is 1. The summed E-state index contributed by atoms with van der Waals surface area (Å²) in [5, 5.41) is 11.3. The topological polar surface area (TPSA) is 98.1 Å². The van der Waals surface area contributed by atoms with Gasteiger partial charge in [0.05, 0.1) is 42.4 Å². The molecule has 0 aliphatic carbocycles. The van der Waals surface area contributed by atoms with Crippen LogP contribution in [0.4, 0.5) is 19.1 Å². The van der Waals surface area contributed by atoms with Crippen molar-refractivity contribution >= 4 is 11.9 Å². The second-order valence-electron chi connectivity index (χ2n) is 8.06. The van der Waals surface area contributed by atoms with E-state index in [1.165, 1.54) is 24.3 Å². The lowest BCUT2D eigenvalue weighted by molar-refractivity contribution is -0.138. The number of alkyl halides is 3. The molecule has 0 unspecified atom stereocenters. The Morgan fingerprint density at radius 2 is 1.91 bits per heavy atom. The zero-order valence-corrected chi connectivity index (χ0v) is 18.7. The van der Waals surface area contributed by atoms with Crippen LogP contribution in [0.5, 0.6) is 5.75 Å². The fourth-order valence-corrected chi connectivity index (χ4v) is 4.06. The van der Waals surface area contributed by atoms with E-state index in [2.05, 4.69) is 25.5 Å². The molecule has 3 heterocycles. The van der Waals surface area contributed by atoms with E-state index in [0.29, 0.717) is 23.5 Å². The van der Waals surface area contributed by atoms with E-state index in [1.807, 2.05) is 6.92 Å². The summed E-state index contributed by atoms with van der Waals surface area (Å²) in [5.41, 5.74) is -0.00841. The summed E-state index contributed by atoms with van der Waals surface area (Å²) in [5.74, 6) is 0.535. The molecule has 1 aromatic carbocycles. The fourth-order valence-electron chi connectivity index (χ4n) is 4.06. The Morgan fingerprint density at radius 3 is 2.56 bits per heavy atom. The van der Waals surface area contributed by atoms with E-state index in [1.54, 1.807) is 23.1 Å². The van der Waals surface area contributed by atoms with Gasteiger partial charge in [-0.05, 0) is 37.0 Å². The maximum atomic E-state index is 13.7. The molecule has 1 saturated heterocycles. The highest BCUT2D eigenvalue weighted by molar-refractivity contribution is 5.98. The van der Waals surface area contributed by atoms with Crippen molar-refractivity contribution in [2.75, 3.05) is 25.5 Å². The highest BCUT2D eigenvalue weighted by Gasteiger charge is 2.34. The van der Waals surface area contributed by atoms with Crippen molar-refractivity contribution in [1.29, 1.82) is 0 Å². The second-order valence-corrected chi connectivity index (χ2v) is 8.06. The summed E-state index contributed by atoms with van der Waals surface area (Å²) in [7, 11) is 1.52. The summed E-state index contributed by atoms with van der Waals surface area (Å²) in [6.07, 6.45) is 1.77. The summed E-state index contributed by atoms with van der Waals surface area (Å²) in [4.78, 5) is 24.4. The Morgan fingerprint density at radius 1 is 1.21 bits per heavy atom. The van der Waals surface area contributed by atoms with Gasteiger partial charge < -0.3 is 15.0 Å². The molecule has 4 rings (SSSR count). The molecule has 0 radical (unpaired) electrons. The van der Waals surface area contributed by atoms with E-state index in [-0.39, 0.29) is 30.4 Å². The molecular formula is C22H24F3N7O2. The van der Waals surface area contributed by atoms with Crippen LogP contribution in [0.15, 0.2) is 43.0 Å². The van der Waals surface area contributed by atoms with Gasteiger partial charge in [-0.2, -0.15) is 28.2 Å². The van der Waals surface area contributed by atoms with Crippen LogP contribution in [-0.4, -0.2) is 62.0 Å². The molecule has 1 fully saturated rings. The SMILES string of the molecule is COc1ccc(-n2nccn2)c(C(=O)N2CCC[C@@H](C)[C@H]2CNc2ncc(C(F)(F)F)cn2)c1. The summed E-state index contributed by atoms with van der Waals surface area (Å²) in [6, 6.07) is 4.89. The van der Waals surface area contributed by atoms with Gasteiger partial charge in [0.25, 0.3) is 5.91 Å². The van der Waals surface area contributed by atoms with Gasteiger partial charge in [-0.1, -0.05) is 6.92 Å². The number of nitrogens with zero attached hydrogens (tertiary/aromatic N) is 6. The number of amides is 1. The molecule has 12 heteroatoms. The fraction of sp³-hybridized carbons (Fsp3) is 0.409. The standard InChI is InChI=1S/C22H24F3N7O2/c1-14-4-3-9-31(19(14)13-28-21-26-11-15(12-27-21)22(23,24)25)20(33)17-10-16(34-2)5-6-18(17)32-29-7-8-30-32/h5-8,10-12,14,19H,3-4,9,13H2,1-2H3,(H,26,27,28)/t14-,19-/m1/s1. The van der Waals surface area contributed by atoms with Crippen molar-refractivity contribution in [2.24, 2.45) is 5.92 Å². The molecule has 2 atom stereocenters. The van der Waals surface area contributed by atoms with Gasteiger partial charge in [0.2, 0.25) is 5.95 Å². The van der Waals surface area contributed by atoms with Crippen molar-refractivity contribution in [3.05, 3.63) is 54.1 Å². The van der Waals surface area contributed by atoms with Crippen molar-refractivity contribution in [2.45, 2.75) is 32.0 Å². The molecule has 9 nitrogen and oxygen atoms in total. The number of halogens is 3. The van der Waals surface area contributed by atoms with Gasteiger partial charge in [-0.15, -0.1) is 0 Å². The Labute approximate surface area is 194 Å². The van der Waals surface area contributed by atoms with Crippen molar-refractivity contribution in [3.63, 3.8) is 0 Å². The number of hydrogen-bond donors (Lipinski definition) is 1. The molecule has 0 spiro atoms. The van der Waals surface area contributed by atoms with Crippen molar-refractivity contribution < 1.29 is 22.7 Å². The van der Waals surface area contributed by atoms with Crippen molar-refractivity contribution in [3.8, 4) is 11.4 Å². The van der Waals surface area contributed by atoms with Crippen LogP contribution in [0.25, 0.3) is 5.69 Å². The third-order valence-corrected chi connectivity index (χ3v) is 5.89. The maximum Gasteiger partial charge on any atom is 0.419 e. The van der Waals surface area contributed by atoms with Gasteiger partial charge in [0.15, 0.2) is 0 Å². The molecule has 1 aliphatic rings. The van der Waals surface area contributed by atoms with E-state index >= 15 is 0 Å². The molecule has 1 amide bonds. The van der Waals surface area contributed by atoms with Crippen LogP contribution in [-0.2, 0) is 6.18 Å². The molecule has 0 saturated carbocycles. The lowest BCUT2D eigenvalue weighted by atomic mass is 9.90. The molecule has 3 aromatic rings. The van der Waals surface area contributed by atoms with Gasteiger partial charge >= 0.3 is 6.18 Å². The number of nitrogens with one attached hydrogen (secondary N) is 1. The van der Waals surface area contributed by atoms with Gasteiger partial charge in [0.1, 0.15) is 5.75 Å². The van der Waals surface area contributed by atoms with E-state index in [0.717, 1.165) is 25.2 Å². The maximum absolute atomic E-state index is 13.7. The number of piperidine rings is 1. The normalized spacial score (nSPS) is 18.6. The van der Waals surface area contributed by atoms with Crippen LogP contribution >= 0.6 is 0 Å². The van der Waals surface area contributed by atoms with Gasteiger partial charge in [-0.25, -0.2) is 9.97 Å². The van der Waals surface area contributed by atoms with Crippen LogP contribution in [0.2, 0.25) is 0 Å². The van der Waals surface area contributed by atoms with Gasteiger partial charge in [-0.3, -0.25) is 4.79 Å². The highest BCUT2D eigenvalue weighted by atomic mass is 19.4. The third kappa shape index (κ3) is 4.95. The van der Waals surface area contributed by atoms with Crippen LogP contribution in [0.3, 0.4) is 0 Å². The predicted octanol–water partition coefficient (Wildman–Crippen LogP) is 3.44. The Balaban J connectivity index is 1.57. The number of ether oxygens (including phenoxy) is 1. The number of benzene rings is 1. The first kappa shape index (κ1) is 23.5. The lowest BCUT2D eigenvalue weighted by Crippen LogP contribution is -2.51. The number of carbonyl (C=O) groups is 1. The zero-order chi connectivity index (χ0) is 24.3. The summed E-state index contributed by atoms with van der Waals surface area (Å²) in [6.45, 7) is 2.87. The van der Waals surface area contributed by atoms with Crippen molar-refractivity contribution in [1.82, 2.24) is 29.9 Å². The first-order valence-corrected chi connectivity index (χ1v) is 10.8. The van der Waals surface area contributed by atoms with Gasteiger partial charge in [0, 0.05) is 25.5 Å². The number of anilines is 1. The minimum atomic E-state index is -4.50. The minimum Gasteiger partial charge on any atom is -0.497 e. The predicted molar refractivity (Wildman–Crippen MR) is 117 cm³/mol. The lowest BCUT2D eigenvalue weighted by Gasteiger charge is -2.40. The number of rotatable bonds is 6. The average molecular weight is 475 g/mol. The largest absolute Gasteiger partial charge is 0.497 e. The Hall–Kier alpha value is -3.70. The minimum absolute atomic E-state index is 0.0704. The Kier molecular flexibility index (Phi) is 6.66. The van der Waals surface area contributed by atoms with Crippen LogP contribution in [0.1, 0.15) is 35.7 Å². The summed E-state index contributed by atoms with van der Waals surface area (Å²) >= 11 is 0. The Bertz CT molecular complexity index is 1120. The molecule has 1 aliphatic heterocycles. The molecule has 0 bridgehead atoms. The quantitative estimate of drug-likeness (QED) is 0.583. The summed E-state index contributed by atoms with van der Waals surface area (Å²) < 4.78 is 43.6. The number of methoxy groups -OCH3 is 1. The first-order valence-electron chi connectivity index (χ1n) is 10.8. The van der Waals surface area contributed by atoms with E-state index in [4.69, 9.17) is 4.74 Å². The molecule has 2 aromatic heterocycles. The zero-order valence-electron chi connectivity index (χ0n) is 18.7. The molecule has 180 valence electrons. The highest BCUT2D eigenvalue weighted by Crippen LogP contribution is 2.30. The van der Waals surface area contributed by atoms with Crippen LogP contribution < -0.4 is 10.1 Å². The second kappa shape index (κ2) is 9.65. The number of carbonyl (C=O) groups excluding carboxylic acids is 1. The smallest absolute Gasteiger partial charge is 0.419 e. The molecule has 1 N–H and O–H groups in total. The van der Waals surface area contributed by atoms with E-state index in [9.17, 15) is 18.0 Å². The van der Waals surface area contributed by atoms with E-state index < -0.39 is 11.7 Å². The average Bonchev–Trinajstić information content (AvgIpc) is 3.37. The first-order chi connectivity index (χ1) is 16.3.